The summed E-state index contributed by atoms with van der Waals surface area (Å²) in [6.45, 7) is 0.386. The van der Waals surface area contributed by atoms with Crippen LogP contribution < -0.4 is 39.4 Å². The van der Waals surface area contributed by atoms with E-state index in [1.165, 1.54) is 12.3 Å². The summed E-state index contributed by atoms with van der Waals surface area (Å²) in [6, 6.07) is 12.6. The molecule has 0 aliphatic rings. The summed E-state index contributed by atoms with van der Waals surface area (Å²) < 4.78 is 5.45. The van der Waals surface area contributed by atoms with Crippen molar-refractivity contribution >= 4 is 5.97 Å². The molecule has 0 saturated heterocycles. The van der Waals surface area contributed by atoms with E-state index in [1.807, 2.05) is 30.3 Å². The molecule has 0 spiro atoms. The molecule has 1 aromatic carbocycles. The minimum atomic E-state index is -1.31. The first-order valence-electron chi connectivity index (χ1n) is 5.10. The number of carboxylic acid groups (broad SMARTS) is 1. The summed E-state index contributed by atoms with van der Waals surface area (Å²) in [5.74, 6) is -0.849. The van der Waals surface area contributed by atoms with Gasteiger partial charge in [-0.05, 0) is 11.6 Å². The Morgan fingerprint density at radius 2 is 1.94 bits per heavy atom. The van der Waals surface area contributed by atoms with E-state index in [1.54, 1.807) is 6.07 Å². The van der Waals surface area contributed by atoms with Crippen LogP contribution in [0.15, 0.2) is 48.7 Å². The predicted octanol–water partition coefficient (Wildman–Crippen LogP) is -1.97. The van der Waals surface area contributed by atoms with Crippen molar-refractivity contribution in [1.82, 2.24) is 4.98 Å². The van der Waals surface area contributed by atoms with Crippen LogP contribution in [0.1, 0.15) is 16.1 Å². The maximum absolute atomic E-state index is 10.6. The summed E-state index contributed by atoms with van der Waals surface area (Å²) in [5.41, 5.74) is 0.884. The van der Waals surface area contributed by atoms with E-state index >= 15 is 0 Å². The van der Waals surface area contributed by atoms with Crippen LogP contribution in [-0.2, 0) is 6.61 Å². The Balaban J connectivity index is 0.00000162. The van der Waals surface area contributed by atoms with Crippen molar-refractivity contribution < 1.29 is 44.2 Å². The largest absolute Gasteiger partial charge is 1.00 e. The minimum Gasteiger partial charge on any atom is -0.543 e. The van der Waals surface area contributed by atoms with Gasteiger partial charge in [0.15, 0.2) is 0 Å². The molecule has 0 amide bonds. The molecule has 0 aliphatic heterocycles. The maximum atomic E-state index is 10.6. The SMILES string of the molecule is O=C([O-])c1cc(OCc2ccccc2)ccn1.[Na+]. The van der Waals surface area contributed by atoms with Crippen molar-refractivity contribution in [2.45, 2.75) is 6.61 Å². The molecule has 0 bridgehead atoms. The van der Waals surface area contributed by atoms with E-state index in [9.17, 15) is 9.90 Å². The van der Waals surface area contributed by atoms with Crippen LogP contribution in [0.25, 0.3) is 0 Å². The van der Waals surface area contributed by atoms with E-state index in [0.717, 1.165) is 5.56 Å². The monoisotopic (exact) mass is 251 g/mol. The first kappa shape index (κ1) is 14.7. The summed E-state index contributed by atoms with van der Waals surface area (Å²) in [7, 11) is 0. The number of benzene rings is 1. The topological polar surface area (TPSA) is 62.2 Å². The molecule has 86 valence electrons. The number of pyridine rings is 1. The second kappa shape index (κ2) is 7.16. The van der Waals surface area contributed by atoms with Crippen LogP contribution in [0.2, 0.25) is 0 Å². The molecular weight excluding hydrogens is 241 g/mol. The van der Waals surface area contributed by atoms with Gasteiger partial charge in [0.05, 0.1) is 11.7 Å². The predicted molar refractivity (Wildman–Crippen MR) is 59.3 cm³/mol. The Morgan fingerprint density at radius 1 is 1.22 bits per heavy atom. The van der Waals surface area contributed by atoms with Crippen LogP contribution in [-0.4, -0.2) is 11.0 Å². The third-order valence-electron chi connectivity index (χ3n) is 2.19. The quantitative estimate of drug-likeness (QED) is 0.591. The van der Waals surface area contributed by atoms with Crippen molar-refractivity contribution in [3.05, 3.63) is 59.9 Å². The van der Waals surface area contributed by atoms with E-state index < -0.39 is 5.97 Å². The van der Waals surface area contributed by atoms with Gasteiger partial charge in [0.2, 0.25) is 0 Å². The third-order valence-corrected chi connectivity index (χ3v) is 2.19. The van der Waals surface area contributed by atoms with Crippen molar-refractivity contribution in [2.24, 2.45) is 0 Å². The number of aromatic carboxylic acids is 1. The molecule has 0 saturated carbocycles. The molecule has 4 nitrogen and oxygen atoms in total. The van der Waals surface area contributed by atoms with Gasteiger partial charge in [0.1, 0.15) is 12.4 Å². The number of nitrogens with zero attached hydrogens (tertiary/aromatic N) is 1. The van der Waals surface area contributed by atoms with Crippen LogP contribution in [0, 0.1) is 0 Å². The Hall–Kier alpha value is -1.36. The number of hydrogen-bond acceptors (Lipinski definition) is 4. The fourth-order valence-corrected chi connectivity index (χ4v) is 1.35. The molecule has 2 rings (SSSR count). The van der Waals surface area contributed by atoms with Gasteiger partial charge in [0.25, 0.3) is 0 Å². The molecule has 0 fully saturated rings. The normalized spacial score (nSPS) is 9.33. The van der Waals surface area contributed by atoms with Crippen molar-refractivity contribution in [3.8, 4) is 5.75 Å². The number of carbonyl (C=O) groups excluding carboxylic acids is 1. The Morgan fingerprint density at radius 3 is 2.61 bits per heavy atom. The van der Waals surface area contributed by atoms with Gasteiger partial charge in [-0.25, -0.2) is 0 Å². The van der Waals surface area contributed by atoms with E-state index in [0.29, 0.717) is 12.4 Å². The van der Waals surface area contributed by atoms with Crippen LogP contribution in [0.5, 0.6) is 5.75 Å². The molecule has 0 unspecified atom stereocenters. The summed E-state index contributed by atoms with van der Waals surface area (Å²) in [4.78, 5) is 14.3. The van der Waals surface area contributed by atoms with Gasteiger partial charge in [-0.3, -0.25) is 4.98 Å². The average molecular weight is 251 g/mol. The Labute approximate surface area is 127 Å². The van der Waals surface area contributed by atoms with Crippen molar-refractivity contribution in [2.75, 3.05) is 0 Å². The third kappa shape index (κ3) is 4.14. The van der Waals surface area contributed by atoms with E-state index in [4.69, 9.17) is 4.74 Å². The zero-order valence-corrected chi connectivity index (χ0v) is 12.0. The molecule has 0 atom stereocenters. The standard InChI is InChI=1S/C13H11NO3.Na/c15-13(16)12-8-11(6-7-14-12)17-9-10-4-2-1-3-5-10;/h1-8H,9H2,(H,15,16);/q;+1/p-1. The van der Waals surface area contributed by atoms with Gasteiger partial charge in [-0.15, -0.1) is 0 Å². The molecule has 1 aromatic heterocycles. The molecular formula is C13H10NNaO3. The van der Waals surface area contributed by atoms with Crippen LogP contribution in [0.4, 0.5) is 0 Å². The number of rotatable bonds is 4. The molecule has 0 radical (unpaired) electrons. The van der Waals surface area contributed by atoms with Crippen LogP contribution >= 0.6 is 0 Å². The number of aromatic nitrogens is 1. The number of carboxylic acids is 1. The molecule has 0 aliphatic carbocycles. The van der Waals surface area contributed by atoms with Gasteiger partial charge < -0.3 is 14.6 Å². The maximum Gasteiger partial charge on any atom is 1.00 e. The van der Waals surface area contributed by atoms with Crippen molar-refractivity contribution in [3.63, 3.8) is 0 Å². The first-order valence-corrected chi connectivity index (χ1v) is 5.10. The smallest absolute Gasteiger partial charge is 0.543 e. The first-order chi connectivity index (χ1) is 8.25. The Bertz CT molecular complexity index is 517. The minimum absolute atomic E-state index is 0. The summed E-state index contributed by atoms with van der Waals surface area (Å²) >= 11 is 0. The van der Waals surface area contributed by atoms with Crippen LogP contribution in [0.3, 0.4) is 0 Å². The fourth-order valence-electron chi connectivity index (χ4n) is 1.35. The second-order valence-electron chi connectivity index (χ2n) is 3.44. The molecule has 1 heterocycles. The number of hydrogen-bond donors (Lipinski definition) is 0. The van der Waals surface area contributed by atoms with E-state index in [2.05, 4.69) is 4.98 Å². The fraction of sp³-hybridized carbons (Fsp3) is 0.0769. The molecule has 18 heavy (non-hydrogen) atoms. The molecule has 0 N–H and O–H groups in total. The molecule has 5 heteroatoms. The zero-order valence-electron chi connectivity index (χ0n) is 10.00. The van der Waals surface area contributed by atoms with Gasteiger partial charge in [-0.2, -0.15) is 0 Å². The van der Waals surface area contributed by atoms with Gasteiger partial charge in [-0.1, -0.05) is 30.3 Å². The summed E-state index contributed by atoms with van der Waals surface area (Å²) in [6.07, 6.45) is 1.38. The number of carbonyl (C=O) groups is 1. The Kier molecular flexibility index (Phi) is 5.85. The summed E-state index contributed by atoms with van der Waals surface area (Å²) in [5, 5.41) is 10.6. The zero-order chi connectivity index (χ0) is 12.1. The van der Waals surface area contributed by atoms with Gasteiger partial charge >= 0.3 is 29.6 Å². The average Bonchev–Trinajstić information content (AvgIpc) is 2.38. The molecule has 2 aromatic rings. The van der Waals surface area contributed by atoms with E-state index in [-0.39, 0.29) is 35.3 Å². The second-order valence-corrected chi connectivity index (χ2v) is 3.44. The van der Waals surface area contributed by atoms with Crippen molar-refractivity contribution in [1.29, 1.82) is 0 Å². The van der Waals surface area contributed by atoms with Gasteiger partial charge in [0, 0.05) is 12.3 Å². The number of ether oxygens (including phenoxy) is 1.